The molecule has 0 amide bonds. The molecule has 2 aliphatic carbocycles. The van der Waals surface area contributed by atoms with E-state index in [1.165, 1.54) is 24.6 Å². The van der Waals surface area contributed by atoms with Gasteiger partial charge in [-0.3, -0.25) is 0 Å². The fraction of sp³-hybridized carbons (Fsp3) is 0.500. The van der Waals surface area contributed by atoms with Gasteiger partial charge in [0.2, 0.25) is 10.0 Å². The molecule has 2 bridgehead atoms. The standard InChI is InChI=1S/C14H16BrNO4S/c15-11-4-3-10(14(17)18)7-13(11)21(19,20)16-12-6-8-1-2-9(12)5-8/h3-4,7-9,12,16H,1-2,5-6H2,(H,17,18). The lowest BCUT2D eigenvalue weighted by Crippen LogP contribution is -2.38. The predicted molar refractivity (Wildman–Crippen MR) is 80.7 cm³/mol. The average Bonchev–Trinajstić information content (AvgIpc) is 3.00. The predicted octanol–water partition coefficient (Wildman–Crippen LogP) is 2.61. The molecule has 3 unspecified atom stereocenters. The van der Waals surface area contributed by atoms with Crippen LogP contribution in [0.3, 0.4) is 0 Å². The Bertz CT molecular complexity index is 688. The number of sulfonamides is 1. The zero-order chi connectivity index (χ0) is 15.2. The van der Waals surface area contributed by atoms with E-state index in [-0.39, 0.29) is 16.5 Å². The van der Waals surface area contributed by atoms with Crippen molar-refractivity contribution in [2.75, 3.05) is 0 Å². The normalized spacial score (nSPS) is 28.0. The molecule has 0 spiro atoms. The molecule has 2 N–H and O–H groups in total. The maximum absolute atomic E-state index is 12.5. The third kappa shape index (κ3) is 2.86. The number of halogens is 1. The van der Waals surface area contributed by atoms with Crippen LogP contribution >= 0.6 is 15.9 Å². The zero-order valence-corrected chi connectivity index (χ0v) is 13.7. The number of rotatable bonds is 4. The van der Waals surface area contributed by atoms with Gasteiger partial charge in [-0.15, -0.1) is 0 Å². The quantitative estimate of drug-likeness (QED) is 0.849. The molecular formula is C14H16BrNO4S. The number of fused-ring (bicyclic) bond motifs is 2. The summed E-state index contributed by atoms with van der Waals surface area (Å²) in [5, 5.41) is 9.01. The topological polar surface area (TPSA) is 83.5 Å². The Balaban J connectivity index is 1.88. The van der Waals surface area contributed by atoms with Gasteiger partial charge in [0.1, 0.15) is 0 Å². The van der Waals surface area contributed by atoms with Gasteiger partial charge in [0.25, 0.3) is 0 Å². The molecule has 1 aromatic carbocycles. The van der Waals surface area contributed by atoms with Crippen LogP contribution in [-0.2, 0) is 10.0 Å². The van der Waals surface area contributed by atoms with Crippen molar-refractivity contribution in [2.24, 2.45) is 11.8 Å². The van der Waals surface area contributed by atoms with Gasteiger partial charge in [-0.1, -0.05) is 6.42 Å². The third-order valence-corrected chi connectivity index (χ3v) is 7.00. The van der Waals surface area contributed by atoms with Crippen molar-refractivity contribution in [1.82, 2.24) is 4.72 Å². The summed E-state index contributed by atoms with van der Waals surface area (Å²) >= 11 is 3.19. The van der Waals surface area contributed by atoms with Crippen LogP contribution in [0.5, 0.6) is 0 Å². The first-order valence-corrected chi connectivity index (χ1v) is 9.19. The monoisotopic (exact) mass is 373 g/mol. The first-order chi connectivity index (χ1) is 9.87. The molecule has 7 heteroatoms. The maximum atomic E-state index is 12.5. The summed E-state index contributed by atoms with van der Waals surface area (Å²) in [4.78, 5) is 11.0. The Morgan fingerprint density at radius 3 is 2.62 bits per heavy atom. The minimum absolute atomic E-state index is 0.00910. The number of carbonyl (C=O) groups is 1. The molecule has 3 atom stereocenters. The van der Waals surface area contributed by atoms with E-state index in [2.05, 4.69) is 20.7 Å². The summed E-state index contributed by atoms with van der Waals surface area (Å²) in [6, 6.07) is 4.01. The second-order valence-corrected chi connectivity index (χ2v) is 8.39. The minimum Gasteiger partial charge on any atom is -0.478 e. The second-order valence-electron chi connectivity index (χ2n) is 5.85. The highest BCUT2D eigenvalue weighted by atomic mass is 79.9. The molecule has 2 fully saturated rings. The molecule has 0 radical (unpaired) electrons. The molecule has 2 aliphatic rings. The van der Waals surface area contributed by atoms with E-state index in [9.17, 15) is 13.2 Å². The number of nitrogens with one attached hydrogen (secondary N) is 1. The van der Waals surface area contributed by atoms with Crippen LogP contribution in [0.4, 0.5) is 0 Å². The van der Waals surface area contributed by atoms with Gasteiger partial charge in [-0.05, 0) is 65.2 Å². The molecule has 0 saturated heterocycles. The van der Waals surface area contributed by atoms with E-state index in [0.717, 1.165) is 19.3 Å². The number of aromatic carboxylic acids is 1. The van der Waals surface area contributed by atoms with Gasteiger partial charge in [-0.25, -0.2) is 17.9 Å². The van der Waals surface area contributed by atoms with Gasteiger partial charge in [0.05, 0.1) is 10.5 Å². The smallest absolute Gasteiger partial charge is 0.335 e. The summed E-state index contributed by atoms with van der Waals surface area (Å²) in [6.07, 6.45) is 4.26. The number of carboxylic acids is 1. The lowest BCUT2D eigenvalue weighted by molar-refractivity contribution is 0.0696. The minimum atomic E-state index is -3.71. The Morgan fingerprint density at radius 1 is 1.29 bits per heavy atom. The summed E-state index contributed by atoms with van der Waals surface area (Å²) in [7, 11) is -3.71. The fourth-order valence-electron chi connectivity index (χ4n) is 3.49. The number of hydrogen-bond acceptors (Lipinski definition) is 3. The molecule has 0 heterocycles. The third-order valence-electron chi connectivity index (χ3n) is 4.51. The van der Waals surface area contributed by atoms with Crippen molar-refractivity contribution < 1.29 is 18.3 Å². The Morgan fingerprint density at radius 2 is 2.05 bits per heavy atom. The Hall–Kier alpha value is -0.920. The highest BCUT2D eigenvalue weighted by Crippen LogP contribution is 2.45. The molecule has 114 valence electrons. The van der Waals surface area contributed by atoms with Crippen molar-refractivity contribution in [3.8, 4) is 0 Å². The van der Waals surface area contributed by atoms with Crippen LogP contribution in [0.25, 0.3) is 0 Å². The maximum Gasteiger partial charge on any atom is 0.335 e. The van der Waals surface area contributed by atoms with Gasteiger partial charge in [0, 0.05) is 10.5 Å². The zero-order valence-electron chi connectivity index (χ0n) is 11.3. The molecule has 2 saturated carbocycles. The van der Waals surface area contributed by atoms with Crippen molar-refractivity contribution >= 4 is 31.9 Å². The van der Waals surface area contributed by atoms with E-state index in [1.54, 1.807) is 0 Å². The van der Waals surface area contributed by atoms with Gasteiger partial charge >= 0.3 is 5.97 Å². The Kier molecular flexibility index (Phi) is 3.83. The van der Waals surface area contributed by atoms with Gasteiger partial charge in [-0.2, -0.15) is 0 Å². The van der Waals surface area contributed by atoms with E-state index < -0.39 is 16.0 Å². The van der Waals surface area contributed by atoms with Crippen molar-refractivity contribution in [2.45, 2.75) is 36.6 Å². The van der Waals surface area contributed by atoms with Crippen LogP contribution in [0.15, 0.2) is 27.6 Å². The van der Waals surface area contributed by atoms with Crippen LogP contribution in [0.2, 0.25) is 0 Å². The van der Waals surface area contributed by atoms with Crippen LogP contribution in [-0.4, -0.2) is 25.5 Å². The van der Waals surface area contributed by atoms with E-state index in [0.29, 0.717) is 16.3 Å². The number of carboxylic acid groups (broad SMARTS) is 1. The van der Waals surface area contributed by atoms with Crippen molar-refractivity contribution in [3.63, 3.8) is 0 Å². The second kappa shape index (κ2) is 5.37. The molecule has 0 aromatic heterocycles. The summed E-state index contributed by atoms with van der Waals surface area (Å²) in [5.74, 6) is -0.0819. The molecule has 0 aliphatic heterocycles. The van der Waals surface area contributed by atoms with Gasteiger partial charge in [0.15, 0.2) is 0 Å². The van der Waals surface area contributed by atoms with E-state index >= 15 is 0 Å². The fourth-order valence-corrected chi connectivity index (χ4v) is 5.80. The average molecular weight is 374 g/mol. The molecule has 21 heavy (non-hydrogen) atoms. The van der Waals surface area contributed by atoms with Crippen LogP contribution < -0.4 is 4.72 Å². The molecule has 1 aromatic rings. The highest BCUT2D eigenvalue weighted by Gasteiger charge is 2.41. The van der Waals surface area contributed by atoms with Crippen LogP contribution in [0.1, 0.15) is 36.0 Å². The lowest BCUT2D eigenvalue weighted by Gasteiger charge is -2.23. The Labute approximate surface area is 131 Å². The highest BCUT2D eigenvalue weighted by molar-refractivity contribution is 9.10. The summed E-state index contributed by atoms with van der Waals surface area (Å²) < 4.78 is 28.2. The first kappa shape index (κ1) is 15.0. The van der Waals surface area contributed by atoms with Crippen LogP contribution in [0, 0.1) is 11.8 Å². The SMILES string of the molecule is O=C(O)c1ccc(Br)c(S(=O)(=O)NC2CC3CCC2C3)c1. The van der Waals surface area contributed by atoms with Crippen molar-refractivity contribution in [3.05, 3.63) is 28.2 Å². The van der Waals surface area contributed by atoms with Crippen molar-refractivity contribution in [1.29, 1.82) is 0 Å². The molecular weight excluding hydrogens is 358 g/mol. The largest absolute Gasteiger partial charge is 0.478 e. The summed E-state index contributed by atoms with van der Waals surface area (Å²) in [6.45, 7) is 0. The lowest BCUT2D eigenvalue weighted by atomic mass is 9.96. The van der Waals surface area contributed by atoms with Gasteiger partial charge < -0.3 is 5.11 Å². The number of benzene rings is 1. The first-order valence-electron chi connectivity index (χ1n) is 6.92. The number of hydrogen-bond donors (Lipinski definition) is 2. The summed E-state index contributed by atoms with van der Waals surface area (Å²) in [5.41, 5.74) is -0.0356. The van der Waals surface area contributed by atoms with E-state index in [4.69, 9.17) is 5.11 Å². The molecule has 5 nitrogen and oxygen atoms in total. The molecule has 3 rings (SSSR count). The van der Waals surface area contributed by atoms with E-state index in [1.807, 2.05) is 0 Å².